The van der Waals surface area contributed by atoms with Gasteiger partial charge in [-0.3, -0.25) is 9.59 Å². The lowest BCUT2D eigenvalue weighted by atomic mass is 9.99. The zero-order valence-electron chi connectivity index (χ0n) is 54.5. The average Bonchev–Trinajstić information content (AvgIpc) is 3.63. The van der Waals surface area contributed by atoms with Gasteiger partial charge >= 0.3 is 5.97 Å². The molecule has 11 heteroatoms. The summed E-state index contributed by atoms with van der Waals surface area (Å²) in [5.41, 5.74) is 0. The highest BCUT2D eigenvalue weighted by Gasteiger charge is 2.47. The predicted molar refractivity (Wildman–Crippen MR) is 356 cm³/mol. The Morgan fingerprint density at radius 2 is 0.847 bits per heavy atom. The third kappa shape index (κ3) is 48.2. The summed E-state index contributed by atoms with van der Waals surface area (Å²) in [6.07, 6.45) is 71.6. The van der Waals surface area contributed by atoms with E-state index < -0.39 is 67.4 Å². The Bertz CT molecular complexity index is 1750. The Labute approximate surface area is 520 Å². The second kappa shape index (κ2) is 60.8. The molecule has 0 aromatic heterocycles. The van der Waals surface area contributed by atoms with Gasteiger partial charge in [-0.25, -0.2) is 0 Å². The number of carbonyl (C=O) groups excluding carboxylic acids is 2. The van der Waals surface area contributed by atoms with Crippen LogP contribution in [0.5, 0.6) is 0 Å². The Morgan fingerprint density at radius 1 is 0.471 bits per heavy atom. The van der Waals surface area contributed by atoms with Gasteiger partial charge in [-0.1, -0.05) is 285 Å². The minimum Gasteiger partial charge on any atom is -0.454 e. The van der Waals surface area contributed by atoms with Crippen molar-refractivity contribution in [3.05, 3.63) is 97.2 Å². The van der Waals surface area contributed by atoms with Crippen LogP contribution in [0.1, 0.15) is 297 Å². The number of rotatable bonds is 59. The molecule has 8 atom stereocenters. The van der Waals surface area contributed by atoms with Crippen LogP contribution in [0.25, 0.3) is 0 Å². The monoisotopic (exact) mass is 1190 g/mol. The van der Waals surface area contributed by atoms with Crippen LogP contribution in [0.4, 0.5) is 0 Å². The lowest BCUT2D eigenvalue weighted by Gasteiger charge is -2.41. The van der Waals surface area contributed by atoms with Gasteiger partial charge in [0.1, 0.15) is 24.4 Å². The molecule has 1 aliphatic rings. The van der Waals surface area contributed by atoms with Crippen LogP contribution in [0, 0.1) is 0 Å². The van der Waals surface area contributed by atoms with Crippen LogP contribution in [0.2, 0.25) is 0 Å². The van der Waals surface area contributed by atoms with Crippen LogP contribution in [-0.4, -0.2) is 99.6 Å². The summed E-state index contributed by atoms with van der Waals surface area (Å²) in [6.45, 7) is 5.67. The summed E-state index contributed by atoms with van der Waals surface area (Å²) in [5.74, 6) is -1.22. The molecule has 1 amide bonds. The van der Waals surface area contributed by atoms with E-state index in [9.17, 15) is 35.1 Å². The zero-order chi connectivity index (χ0) is 61.7. The highest BCUT2D eigenvalue weighted by molar-refractivity contribution is 5.80. The van der Waals surface area contributed by atoms with Crippen molar-refractivity contribution in [3.63, 3.8) is 0 Å². The van der Waals surface area contributed by atoms with Crippen molar-refractivity contribution in [1.29, 1.82) is 0 Å². The molecule has 6 N–H and O–H groups in total. The maximum atomic E-state index is 13.5. The van der Waals surface area contributed by atoms with E-state index >= 15 is 0 Å². The molecule has 0 aliphatic carbocycles. The molecule has 1 saturated heterocycles. The number of carbonyl (C=O) groups is 2. The number of esters is 1. The molecule has 0 spiro atoms. The molecular formula is C74H129NO10. The first-order chi connectivity index (χ1) is 41.7. The van der Waals surface area contributed by atoms with E-state index in [-0.39, 0.29) is 19.4 Å². The van der Waals surface area contributed by atoms with Crippen LogP contribution < -0.4 is 5.32 Å². The minimum absolute atomic E-state index is 0.118. The molecule has 0 aromatic carbocycles. The van der Waals surface area contributed by atoms with Crippen LogP contribution in [0.3, 0.4) is 0 Å². The van der Waals surface area contributed by atoms with E-state index in [4.69, 9.17) is 14.2 Å². The van der Waals surface area contributed by atoms with Gasteiger partial charge in [-0.15, -0.1) is 0 Å². The van der Waals surface area contributed by atoms with Gasteiger partial charge < -0.3 is 45.1 Å². The van der Waals surface area contributed by atoms with Gasteiger partial charge in [-0.05, 0) is 103 Å². The average molecular weight is 1190 g/mol. The molecular weight excluding hydrogens is 1060 g/mol. The fraction of sp³-hybridized carbons (Fsp3) is 0.757. The van der Waals surface area contributed by atoms with Crippen LogP contribution in [-0.2, 0) is 23.8 Å². The molecule has 1 rings (SSSR count). The second-order valence-corrected chi connectivity index (χ2v) is 23.9. The lowest BCUT2D eigenvalue weighted by molar-refractivity contribution is -0.305. The lowest BCUT2D eigenvalue weighted by Crippen LogP contribution is -2.61. The molecule has 8 unspecified atom stereocenters. The number of ether oxygens (including phenoxy) is 3. The van der Waals surface area contributed by atoms with Crippen molar-refractivity contribution in [2.75, 3.05) is 13.2 Å². The summed E-state index contributed by atoms with van der Waals surface area (Å²) in [4.78, 5) is 26.6. The second-order valence-electron chi connectivity index (χ2n) is 23.9. The Balaban J connectivity index is 2.60. The first kappa shape index (κ1) is 79.6. The number of hydrogen-bond acceptors (Lipinski definition) is 10. The third-order valence-electron chi connectivity index (χ3n) is 16.0. The van der Waals surface area contributed by atoms with E-state index in [0.29, 0.717) is 12.8 Å². The van der Waals surface area contributed by atoms with E-state index in [0.717, 1.165) is 103 Å². The predicted octanol–water partition coefficient (Wildman–Crippen LogP) is 17.8. The highest BCUT2D eigenvalue weighted by atomic mass is 16.7. The van der Waals surface area contributed by atoms with Gasteiger partial charge in [0, 0.05) is 6.42 Å². The molecule has 1 aliphatic heterocycles. The van der Waals surface area contributed by atoms with Crippen molar-refractivity contribution in [3.8, 4) is 0 Å². The number of allylic oxidation sites excluding steroid dienone is 15. The summed E-state index contributed by atoms with van der Waals surface area (Å²) >= 11 is 0. The van der Waals surface area contributed by atoms with Crippen molar-refractivity contribution >= 4 is 11.9 Å². The van der Waals surface area contributed by atoms with Gasteiger partial charge in [0.05, 0.1) is 25.4 Å². The van der Waals surface area contributed by atoms with E-state index in [1.807, 2.05) is 6.08 Å². The molecule has 0 aromatic rings. The number of unbranched alkanes of at least 4 members (excludes halogenated alkanes) is 31. The molecule has 1 fully saturated rings. The number of aliphatic hydroxyl groups is 5. The standard InChI is InChI=1S/C74H129NO10/c1-4-7-10-13-16-19-22-24-26-28-30-32-34-36-38-40-42-44-47-50-53-56-59-62-69(79)85-72-71(81)70(80)68(63-76)84-74(72)83-64-65(66(77)60-57-54-51-48-45-21-18-15-12-9-6-3)75-73(82)67(78)61-58-55-52-49-46-43-41-39-37-35-33-31-29-27-25-23-20-17-14-11-8-5-2/h8,11,17,20,24-27,31,33,37,39,43,46,57,60,65-68,70-72,74,76-78,80-81H,4-7,9-10,12-16,18-19,21-23,28-30,32,34-36,38,40-42,44-45,47-56,58-59,61-64H2,1-3H3,(H,75,82)/b11-8-,20-17-,26-24+,27-25-,33-31-,39-37-,46-43-,60-57+. The van der Waals surface area contributed by atoms with Gasteiger partial charge in [0.25, 0.3) is 0 Å². The highest BCUT2D eigenvalue weighted by Crippen LogP contribution is 2.26. The van der Waals surface area contributed by atoms with Crippen molar-refractivity contribution in [2.24, 2.45) is 0 Å². The molecule has 85 heavy (non-hydrogen) atoms. The number of nitrogens with one attached hydrogen (secondary N) is 1. The maximum Gasteiger partial charge on any atom is 0.306 e. The molecule has 0 bridgehead atoms. The SMILES string of the molecule is CC/C=C\C/C=C\C/C=C\C/C=C\C/C=C\C/C=C\CCCCCC(O)C(=O)NC(COC1OC(CO)C(O)C(O)C1OC(=O)CCCCCCCCCCCCCCC/C=C/CCCCCCCC)C(O)/C=C/CCCCCCCCCCC. The molecule has 11 nitrogen and oxygen atoms in total. The van der Waals surface area contributed by atoms with Gasteiger partial charge in [0.15, 0.2) is 12.4 Å². The number of amides is 1. The molecule has 490 valence electrons. The number of hydrogen-bond donors (Lipinski definition) is 6. The number of aliphatic hydroxyl groups excluding tert-OH is 5. The van der Waals surface area contributed by atoms with Crippen LogP contribution in [0.15, 0.2) is 97.2 Å². The third-order valence-corrected chi connectivity index (χ3v) is 16.0. The van der Waals surface area contributed by atoms with E-state index in [1.165, 1.54) is 148 Å². The first-order valence-corrected chi connectivity index (χ1v) is 35.0. The van der Waals surface area contributed by atoms with Crippen molar-refractivity contribution in [1.82, 2.24) is 5.32 Å². The van der Waals surface area contributed by atoms with Crippen molar-refractivity contribution in [2.45, 2.75) is 346 Å². The molecule has 0 saturated carbocycles. The maximum absolute atomic E-state index is 13.5. The molecule has 0 radical (unpaired) electrons. The smallest absolute Gasteiger partial charge is 0.306 e. The fourth-order valence-corrected chi connectivity index (χ4v) is 10.5. The fourth-order valence-electron chi connectivity index (χ4n) is 10.5. The summed E-state index contributed by atoms with van der Waals surface area (Å²) < 4.78 is 17.7. The Morgan fingerprint density at radius 3 is 1.28 bits per heavy atom. The summed E-state index contributed by atoms with van der Waals surface area (Å²) in [5, 5.41) is 57.1. The normalized spacial score (nSPS) is 19.0. The van der Waals surface area contributed by atoms with Gasteiger partial charge in [-0.2, -0.15) is 0 Å². The summed E-state index contributed by atoms with van der Waals surface area (Å²) in [7, 11) is 0. The summed E-state index contributed by atoms with van der Waals surface area (Å²) in [6, 6.07) is -1.04. The first-order valence-electron chi connectivity index (χ1n) is 35.0. The van der Waals surface area contributed by atoms with Crippen molar-refractivity contribution < 1.29 is 49.3 Å². The largest absolute Gasteiger partial charge is 0.454 e. The molecule has 1 heterocycles. The topological polar surface area (TPSA) is 175 Å². The zero-order valence-corrected chi connectivity index (χ0v) is 54.5. The van der Waals surface area contributed by atoms with Crippen LogP contribution >= 0.6 is 0 Å². The van der Waals surface area contributed by atoms with E-state index in [2.05, 4.69) is 111 Å². The Hall–Kier alpha value is -3.42. The Kier molecular flexibility index (Phi) is 57.0. The quantitative estimate of drug-likeness (QED) is 0.0195. The van der Waals surface area contributed by atoms with Gasteiger partial charge in [0.2, 0.25) is 5.91 Å². The minimum atomic E-state index is -1.62. The van der Waals surface area contributed by atoms with E-state index in [1.54, 1.807) is 6.08 Å².